The van der Waals surface area contributed by atoms with E-state index in [2.05, 4.69) is 16.8 Å². The van der Waals surface area contributed by atoms with Crippen molar-refractivity contribution in [1.82, 2.24) is 14.9 Å². The maximum atomic E-state index is 4.76. The van der Waals surface area contributed by atoms with Gasteiger partial charge in [-0.1, -0.05) is 0 Å². The minimum atomic E-state index is 0.875. The summed E-state index contributed by atoms with van der Waals surface area (Å²) in [6.07, 6.45) is 9.21. The van der Waals surface area contributed by atoms with Gasteiger partial charge in [0.05, 0.1) is 5.69 Å². The largest absolute Gasteiger partial charge is 0.332 e. The Morgan fingerprint density at radius 3 is 3.00 bits per heavy atom. The zero-order chi connectivity index (χ0) is 12.4. The van der Waals surface area contributed by atoms with Gasteiger partial charge in [0.2, 0.25) is 0 Å². The van der Waals surface area contributed by atoms with Gasteiger partial charge in [0.15, 0.2) is 0 Å². The smallest absolute Gasteiger partial charge is 0.106 e. The highest BCUT2D eigenvalue weighted by molar-refractivity contribution is 5.19. The Bertz CT molecular complexity index is 402. The van der Waals surface area contributed by atoms with Gasteiger partial charge in [-0.15, -0.1) is 0 Å². The summed E-state index contributed by atoms with van der Waals surface area (Å²) >= 11 is 0. The van der Waals surface area contributed by atoms with Crippen LogP contribution >= 0.6 is 0 Å². The van der Waals surface area contributed by atoms with Gasteiger partial charge in [-0.2, -0.15) is 0 Å². The van der Waals surface area contributed by atoms with E-state index in [1.165, 1.54) is 76.1 Å². The van der Waals surface area contributed by atoms with Crippen LogP contribution in [0, 0.1) is 12.8 Å². The van der Waals surface area contributed by atoms with Crippen molar-refractivity contribution in [1.29, 1.82) is 0 Å². The number of hydrogen-bond acceptors (Lipinski definition) is 2. The molecular formula is C15H25N3. The summed E-state index contributed by atoms with van der Waals surface area (Å²) in [5.74, 6) is 2.12. The van der Waals surface area contributed by atoms with Gasteiger partial charge in [-0.25, -0.2) is 4.98 Å². The molecule has 1 fully saturated rings. The third kappa shape index (κ3) is 2.46. The number of piperidine rings is 1. The molecule has 0 spiro atoms. The average molecular weight is 247 g/mol. The zero-order valence-corrected chi connectivity index (χ0v) is 11.5. The molecule has 0 amide bonds. The van der Waals surface area contributed by atoms with E-state index in [-0.39, 0.29) is 0 Å². The van der Waals surface area contributed by atoms with Crippen molar-refractivity contribution in [2.24, 2.45) is 5.92 Å². The van der Waals surface area contributed by atoms with Crippen LogP contribution in [0.1, 0.15) is 49.3 Å². The molecule has 0 bridgehead atoms. The molecule has 1 aliphatic carbocycles. The van der Waals surface area contributed by atoms with Crippen molar-refractivity contribution >= 4 is 0 Å². The Morgan fingerprint density at radius 1 is 1.28 bits per heavy atom. The van der Waals surface area contributed by atoms with Crippen LogP contribution < -0.4 is 5.32 Å². The van der Waals surface area contributed by atoms with Gasteiger partial charge in [-0.3, -0.25) is 0 Å². The van der Waals surface area contributed by atoms with Gasteiger partial charge in [0.25, 0.3) is 0 Å². The molecule has 2 heterocycles. The van der Waals surface area contributed by atoms with Gasteiger partial charge < -0.3 is 9.88 Å². The zero-order valence-electron chi connectivity index (χ0n) is 11.5. The fourth-order valence-corrected chi connectivity index (χ4v) is 3.51. The van der Waals surface area contributed by atoms with E-state index >= 15 is 0 Å². The van der Waals surface area contributed by atoms with Crippen LogP contribution in [0.25, 0.3) is 0 Å². The quantitative estimate of drug-likeness (QED) is 0.889. The van der Waals surface area contributed by atoms with Crippen molar-refractivity contribution in [2.45, 2.75) is 58.4 Å². The summed E-state index contributed by atoms with van der Waals surface area (Å²) < 4.78 is 2.50. The van der Waals surface area contributed by atoms with Crippen LogP contribution in [0.2, 0.25) is 0 Å². The van der Waals surface area contributed by atoms with Crippen LogP contribution in [0.15, 0.2) is 0 Å². The summed E-state index contributed by atoms with van der Waals surface area (Å²) in [6.45, 7) is 5.80. The van der Waals surface area contributed by atoms with Crippen molar-refractivity contribution in [2.75, 3.05) is 13.1 Å². The van der Waals surface area contributed by atoms with Crippen LogP contribution in [-0.2, 0) is 19.4 Å². The SMILES string of the molecule is Cc1nc2c(n1CCC1CCCNC1)CCCC2. The molecule has 1 aliphatic heterocycles. The topological polar surface area (TPSA) is 29.9 Å². The van der Waals surface area contributed by atoms with E-state index in [1.807, 2.05) is 0 Å². The molecule has 1 aromatic heterocycles. The summed E-state index contributed by atoms with van der Waals surface area (Å²) in [6, 6.07) is 0. The monoisotopic (exact) mass is 247 g/mol. The minimum Gasteiger partial charge on any atom is -0.332 e. The molecule has 1 atom stereocenters. The van der Waals surface area contributed by atoms with E-state index < -0.39 is 0 Å². The lowest BCUT2D eigenvalue weighted by Crippen LogP contribution is -2.30. The first-order valence-electron chi connectivity index (χ1n) is 7.60. The van der Waals surface area contributed by atoms with Crippen LogP contribution in [0.4, 0.5) is 0 Å². The normalized spacial score (nSPS) is 23.9. The molecule has 2 aliphatic rings. The summed E-state index contributed by atoms with van der Waals surface area (Å²) in [5.41, 5.74) is 2.93. The van der Waals surface area contributed by atoms with Gasteiger partial charge in [0.1, 0.15) is 5.82 Å². The number of rotatable bonds is 3. The summed E-state index contributed by atoms with van der Waals surface area (Å²) in [4.78, 5) is 4.76. The number of nitrogens with one attached hydrogen (secondary N) is 1. The molecule has 1 N–H and O–H groups in total. The molecule has 0 saturated carbocycles. The van der Waals surface area contributed by atoms with Gasteiger partial charge in [-0.05, 0) is 70.9 Å². The van der Waals surface area contributed by atoms with Crippen molar-refractivity contribution in [3.05, 3.63) is 17.2 Å². The second-order valence-corrected chi connectivity index (χ2v) is 5.91. The van der Waals surface area contributed by atoms with Crippen LogP contribution in [-0.4, -0.2) is 22.6 Å². The van der Waals surface area contributed by atoms with Gasteiger partial charge >= 0.3 is 0 Å². The molecule has 100 valence electrons. The molecule has 3 rings (SSSR count). The highest BCUT2D eigenvalue weighted by atomic mass is 15.1. The molecular weight excluding hydrogens is 222 g/mol. The highest BCUT2D eigenvalue weighted by Crippen LogP contribution is 2.23. The fourth-order valence-electron chi connectivity index (χ4n) is 3.51. The second-order valence-electron chi connectivity index (χ2n) is 5.91. The van der Waals surface area contributed by atoms with E-state index in [0.717, 1.165) is 5.92 Å². The van der Waals surface area contributed by atoms with E-state index in [1.54, 1.807) is 5.69 Å². The third-order valence-corrected chi connectivity index (χ3v) is 4.58. The van der Waals surface area contributed by atoms with Crippen molar-refractivity contribution < 1.29 is 0 Å². The first-order chi connectivity index (χ1) is 8.84. The number of fused-ring (bicyclic) bond motifs is 1. The minimum absolute atomic E-state index is 0.875. The molecule has 0 radical (unpaired) electrons. The van der Waals surface area contributed by atoms with Crippen molar-refractivity contribution in [3.8, 4) is 0 Å². The molecule has 1 saturated heterocycles. The Labute approximate surface area is 110 Å². The fraction of sp³-hybridized carbons (Fsp3) is 0.800. The van der Waals surface area contributed by atoms with E-state index in [0.29, 0.717) is 0 Å². The Hall–Kier alpha value is -0.830. The molecule has 3 heteroatoms. The highest BCUT2D eigenvalue weighted by Gasteiger charge is 2.19. The maximum absolute atomic E-state index is 4.76. The molecule has 3 nitrogen and oxygen atoms in total. The molecule has 1 aromatic rings. The lowest BCUT2D eigenvalue weighted by Gasteiger charge is -2.23. The predicted molar refractivity (Wildman–Crippen MR) is 73.8 cm³/mol. The number of imidazole rings is 1. The van der Waals surface area contributed by atoms with Gasteiger partial charge in [0, 0.05) is 12.2 Å². The molecule has 1 unspecified atom stereocenters. The first-order valence-corrected chi connectivity index (χ1v) is 7.60. The lowest BCUT2D eigenvalue weighted by molar-refractivity contribution is 0.338. The Morgan fingerprint density at radius 2 is 2.17 bits per heavy atom. The summed E-state index contributed by atoms with van der Waals surface area (Å²) in [7, 11) is 0. The van der Waals surface area contributed by atoms with Crippen LogP contribution in [0.5, 0.6) is 0 Å². The average Bonchev–Trinajstić information content (AvgIpc) is 2.73. The lowest BCUT2D eigenvalue weighted by atomic mass is 9.96. The standard InChI is InChI=1S/C15H25N3/c1-12-17-14-6-2-3-7-15(14)18(12)10-8-13-5-4-9-16-11-13/h13,16H,2-11H2,1H3. The number of aromatic nitrogens is 2. The molecule has 18 heavy (non-hydrogen) atoms. The Kier molecular flexibility index (Phi) is 3.69. The third-order valence-electron chi connectivity index (χ3n) is 4.58. The Balaban J connectivity index is 1.66. The second kappa shape index (κ2) is 5.43. The number of aryl methyl sites for hydroxylation is 2. The van der Waals surface area contributed by atoms with Crippen molar-refractivity contribution in [3.63, 3.8) is 0 Å². The molecule has 0 aromatic carbocycles. The maximum Gasteiger partial charge on any atom is 0.106 e. The summed E-state index contributed by atoms with van der Waals surface area (Å²) in [5, 5.41) is 3.52. The van der Waals surface area contributed by atoms with E-state index in [4.69, 9.17) is 4.98 Å². The predicted octanol–water partition coefficient (Wildman–Crippen LogP) is 2.46. The first kappa shape index (κ1) is 12.2. The van der Waals surface area contributed by atoms with E-state index in [9.17, 15) is 0 Å². The van der Waals surface area contributed by atoms with Crippen LogP contribution in [0.3, 0.4) is 0 Å². The number of nitrogens with zero attached hydrogens (tertiary/aromatic N) is 2. The number of hydrogen-bond donors (Lipinski definition) is 1.